The molecule has 0 spiro atoms. The van der Waals surface area contributed by atoms with E-state index in [4.69, 9.17) is 4.74 Å². The average molecular weight is 249 g/mol. The Kier molecular flexibility index (Phi) is 7.70. The number of aryl methyl sites for hydroxylation is 1. The molecule has 0 aromatic heterocycles. The van der Waals surface area contributed by atoms with Crippen molar-refractivity contribution in [1.82, 2.24) is 5.32 Å². The fourth-order valence-corrected chi connectivity index (χ4v) is 2.27. The summed E-state index contributed by atoms with van der Waals surface area (Å²) in [7, 11) is 1.77. The molecule has 18 heavy (non-hydrogen) atoms. The average Bonchev–Trinajstić information content (AvgIpc) is 2.38. The molecule has 0 bridgehead atoms. The zero-order valence-corrected chi connectivity index (χ0v) is 12.0. The van der Waals surface area contributed by atoms with Gasteiger partial charge < -0.3 is 10.1 Å². The van der Waals surface area contributed by atoms with Gasteiger partial charge in [0.05, 0.1) is 0 Å². The minimum Gasteiger partial charge on any atom is -0.385 e. The molecule has 1 aromatic carbocycles. The van der Waals surface area contributed by atoms with Gasteiger partial charge in [0.2, 0.25) is 0 Å². The second kappa shape index (κ2) is 9.12. The summed E-state index contributed by atoms with van der Waals surface area (Å²) in [5, 5.41) is 3.48. The second-order valence-corrected chi connectivity index (χ2v) is 4.91. The van der Waals surface area contributed by atoms with Crippen LogP contribution in [0.1, 0.15) is 43.2 Å². The number of unbranched alkanes of at least 4 members (excludes halogenated alkanes) is 1. The van der Waals surface area contributed by atoms with Crippen molar-refractivity contribution in [2.75, 3.05) is 26.8 Å². The van der Waals surface area contributed by atoms with Crippen LogP contribution in [-0.2, 0) is 4.74 Å². The van der Waals surface area contributed by atoms with Crippen molar-refractivity contribution in [1.29, 1.82) is 0 Å². The van der Waals surface area contributed by atoms with Gasteiger partial charge in [0.15, 0.2) is 0 Å². The molecule has 0 heterocycles. The number of nitrogens with one attached hydrogen (secondary N) is 1. The Morgan fingerprint density at radius 3 is 2.78 bits per heavy atom. The van der Waals surface area contributed by atoms with Crippen molar-refractivity contribution in [3.63, 3.8) is 0 Å². The number of hydrogen-bond donors (Lipinski definition) is 1. The summed E-state index contributed by atoms with van der Waals surface area (Å²) in [5.41, 5.74) is 2.82. The first-order chi connectivity index (χ1) is 8.77. The third kappa shape index (κ3) is 5.65. The number of ether oxygens (including phenoxy) is 1. The molecule has 0 radical (unpaired) electrons. The van der Waals surface area contributed by atoms with Gasteiger partial charge in [-0.3, -0.25) is 0 Å². The van der Waals surface area contributed by atoms with Crippen LogP contribution in [0.2, 0.25) is 0 Å². The highest BCUT2D eigenvalue weighted by Gasteiger charge is 2.10. The van der Waals surface area contributed by atoms with Gasteiger partial charge in [-0.1, -0.05) is 43.2 Å². The molecule has 0 saturated carbocycles. The van der Waals surface area contributed by atoms with Crippen LogP contribution in [-0.4, -0.2) is 26.8 Å². The van der Waals surface area contributed by atoms with Crippen molar-refractivity contribution in [2.24, 2.45) is 0 Å². The van der Waals surface area contributed by atoms with Crippen LogP contribution in [0.25, 0.3) is 0 Å². The molecule has 1 aromatic rings. The van der Waals surface area contributed by atoms with E-state index in [0.29, 0.717) is 5.92 Å². The predicted molar refractivity (Wildman–Crippen MR) is 78.2 cm³/mol. The van der Waals surface area contributed by atoms with Crippen molar-refractivity contribution in [3.8, 4) is 0 Å². The first-order valence-electron chi connectivity index (χ1n) is 7.04. The van der Waals surface area contributed by atoms with Crippen molar-refractivity contribution < 1.29 is 4.74 Å². The predicted octanol–water partition coefficient (Wildman–Crippen LogP) is 3.50. The fourth-order valence-electron chi connectivity index (χ4n) is 2.27. The van der Waals surface area contributed by atoms with E-state index in [-0.39, 0.29) is 0 Å². The van der Waals surface area contributed by atoms with Crippen molar-refractivity contribution in [3.05, 3.63) is 35.4 Å². The minimum absolute atomic E-state index is 0.627. The van der Waals surface area contributed by atoms with Gasteiger partial charge in [-0.15, -0.1) is 0 Å². The maximum Gasteiger partial charge on any atom is 0.0462 e. The first-order valence-corrected chi connectivity index (χ1v) is 7.04. The Hall–Kier alpha value is -0.860. The van der Waals surface area contributed by atoms with Crippen LogP contribution in [0.15, 0.2) is 24.3 Å². The standard InChI is InChI=1S/C16H27NO/c1-4-17-13-16(9-5-6-11-18-3)15-10-7-8-14(2)12-15/h7-8,10,12,16-17H,4-6,9,11,13H2,1-3H3. The zero-order valence-electron chi connectivity index (χ0n) is 12.0. The largest absolute Gasteiger partial charge is 0.385 e. The lowest BCUT2D eigenvalue weighted by Crippen LogP contribution is -2.21. The Balaban J connectivity index is 2.54. The summed E-state index contributed by atoms with van der Waals surface area (Å²) in [6.07, 6.45) is 3.63. The van der Waals surface area contributed by atoms with E-state index in [0.717, 1.165) is 26.1 Å². The third-order valence-electron chi connectivity index (χ3n) is 3.31. The summed E-state index contributed by atoms with van der Waals surface area (Å²) < 4.78 is 5.11. The third-order valence-corrected chi connectivity index (χ3v) is 3.31. The maximum absolute atomic E-state index is 5.11. The van der Waals surface area contributed by atoms with Crippen LogP contribution < -0.4 is 5.32 Å². The molecule has 0 saturated heterocycles. The highest BCUT2D eigenvalue weighted by Crippen LogP contribution is 2.22. The lowest BCUT2D eigenvalue weighted by Gasteiger charge is -2.18. The van der Waals surface area contributed by atoms with E-state index < -0.39 is 0 Å². The van der Waals surface area contributed by atoms with Gasteiger partial charge in [-0.25, -0.2) is 0 Å². The molecule has 0 amide bonds. The number of hydrogen-bond acceptors (Lipinski definition) is 2. The van der Waals surface area contributed by atoms with E-state index in [1.165, 1.54) is 24.0 Å². The first kappa shape index (κ1) is 15.2. The normalized spacial score (nSPS) is 12.6. The molecule has 1 N–H and O–H groups in total. The molecule has 2 nitrogen and oxygen atoms in total. The molecular formula is C16H27NO. The lowest BCUT2D eigenvalue weighted by atomic mass is 9.92. The lowest BCUT2D eigenvalue weighted by molar-refractivity contribution is 0.191. The van der Waals surface area contributed by atoms with Crippen molar-refractivity contribution >= 4 is 0 Å². The fraction of sp³-hybridized carbons (Fsp3) is 0.625. The van der Waals surface area contributed by atoms with Gasteiger partial charge in [-0.05, 0) is 37.8 Å². The van der Waals surface area contributed by atoms with Gasteiger partial charge in [0.25, 0.3) is 0 Å². The molecule has 0 aliphatic carbocycles. The smallest absolute Gasteiger partial charge is 0.0462 e. The molecule has 0 fully saturated rings. The maximum atomic E-state index is 5.11. The number of rotatable bonds is 9. The summed E-state index contributed by atoms with van der Waals surface area (Å²) >= 11 is 0. The molecule has 2 heteroatoms. The van der Waals surface area contributed by atoms with E-state index in [9.17, 15) is 0 Å². The van der Waals surface area contributed by atoms with E-state index in [2.05, 4.69) is 43.4 Å². The number of benzene rings is 1. The molecule has 0 aliphatic rings. The number of methoxy groups -OCH3 is 1. The van der Waals surface area contributed by atoms with Crippen LogP contribution in [0.5, 0.6) is 0 Å². The summed E-state index contributed by atoms with van der Waals surface area (Å²) in [6, 6.07) is 8.90. The molecule has 0 aliphatic heterocycles. The second-order valence-electron chi connectivity index (χ2n) is 4.91. The number of likely N-dealkylation sites (N-methyl/N-ethyl adjacent to an activating group) is 1. The topological polar surface area (TPSA) is 21.3 Å². The van der Waals surface area contributed by atoms with E-state index in [1.807, 2.05) is 0 Å². The zero-order chi connectivity index (χ0) is 13.2. The summed E-state index contributed by atoms with van der Waals surface area (Å²) in [5.74, 6) is 0.627. The SMILES string of the molecule is CCNCC(CCCCOC)c1cccc(C)c1. The van der Waals surface area contributed by atoms with Gasteiger partial charge >= 0.3 is 0 Å². The van der Waals surface area contributed by atoms with Gasteiger partial charge in [0.1, 0.15) is 0 Å². The van der Waals surface area contributed by atoms with E-state index >= 15 is 0 Å². The Morgan fingerprint density at radius 2 is 2.11 bits per heavy atom. The van der Waals surface area contributed by atoms with E-state index in [1.54, 1.807) is 7.11 Å². The molecule has 102 valence electrons. The Bertz CT molecular complexity index is 325. The summed E-state index contributed by atoms with van der Waals surface area (Å²) in [6.45, 7) is 7.33. The van der Waals surface area contributed by atoms with Crippen LogP contribution in [0.4, 0.5) is 0 Å². The summed E-state index contributed by atoms with van der Waals surface area (Å²) in [4.78, 5) is 0. The van der Waals surface area contributed by atoms with Crippen LogP contribution in [0.3, 0.4) is 0 Å². The Morgan fingerprint density at radius 1 is 1.28 bits per heavy atom. The highest BCUT2D eigenvalue weighted by molar-refractivity contribution is 5.25. The molecule has 1 rings (SSSR count). The molecule has 1 unspecified atom stereocenters. The van der Waals surface area contributed by atoms with Crippen LogP contribution in [0, 0.1) is 6.92 Å². The Labute approximate surface area is 112 Å². The molecular weight excluding hydrogens is 222 g/mol. The monoisotopic (exact) mass is 249 g/mol. The minimum atomic E-state index is 0.627. The quantitative estimate of drug-likeness (QED) is 0.676. The molecule has 1 atom stereocenters. The van der Waals surface area contributed by atoms with Gasteiger partial charge in [-0.2, -0.15) is 0 Å². The van der Waals surface area contributed by atoms with Crippen molar-refractivity contribution in [2.45, 2.75) is 39.0 Å². The highest BCUT2D eigenvalue weighted by atomic mass is 16.5. The van der Waals surface area contributed by atoms with Gasteiger partial charge in [0, 0.05) is 20.3 Å². The van der Waals surface area contributed by atoms with Crippen LogP contribution >= 0.6 is 0 Å².